The van der Waals surface area contributed by atoms with Crippen LogP contribution in [0.25, 0.3) is 11.0 Å². The molecule has 2 aromatic carbocycles. The molecule has 2 aromatic heterocycles. The molecule has 4 aromatic rings. The van der Waals surface area contributed by atoms with Gasteiger partial charge < -0.3 is 35.0 Å². The summed E-state index contributed by atoms with van der Waals surface area (Å²) in [5.41, 5.74) is 11.8. The van der Waals surface area contributed by atoms with Crippen LogP contribution in [0.15, 0.2) is 47.1 Å². The van der Waals surface area contributed by atoms with Crippen LogP contribution in [-0.2, 0) is 28.8 Å². The normalized spacial score (nSPS) is 21.0. The van der Waals surface area contributed by atoms with Crippen LogP contribution < -0.4 is 16.0 Å². The molecule has 3 amide bonds. The van der Waals surface area contributed by atoms with Crippen LogP contribution in [0.5, 0.6) is 0 Å². The first-order valence-electron chi connectivity index (χ1n) is 18.8. The minimum Gasteiger partial charge on any atom is -0.466 e. The van der Waals surface area contributed by atoms with Crippen LogP contribution in [0, 0.1) is 0 Å². The number of amides is 3. The smallest absolute Gasteiger partial charge is 0.320 e. The fourth-order valence-corrected chi connectivity index (χ4v) is 8.66. The summed E-state index contributed by atoms with van der Waals surface area (Å²) in [6, 6.07) is 13.2. The Morgan fingerprint density at radius 3 is 2.55 bits per heavy atom. The van der Waals surface area contributed by atoms with E-state index in [1.54, 1.807) is 18.0 Å². The van der Waals surface area contributed by atoms with Gasteiger partial charge in [0.25, 0.3) is 5.91 Å². The maximum absolute atomic E-state index is 12.7. The highest BCUT2D eigenvalue weighted by Crippen LogP contribution is 2.37. The maximum Gasteiger partial charge on any atom is 0.320 e. The molecule has 1 aliphatic carbocycles. The van der Waals surface area contributed by atoms with Crippen LogP contribution >= 0.6 is 0 Å². The number of likely N-dealkylation sites (tertiary alicyclic amines) is 1. The van der Waals surface area contributed by atoms with E-state index >= 15 is 0 Å². The van der Waals surface area contributed by atoms with Crippen molar-refractivity contribution < 1.29 is 23.6 Å². The number of carbonyl (C=O) groups excluding carboxylic acids is 3. The van der Waals surface area contributed by atoms with Crippen molar-refractivity contribution in [2.75, 3.05) is 63.1 Å². The second-order valence-electron chi connectivity index (χ2n) is 14.7. The first-order valence-corrected chi connectivity index (χ1v) is 18.8. The van der Waals surface area contributed by atoms with E-state index in [1.807, 2.05) is 30.1 Å². The summed E-state index contributed by atoms with van der Waals surface area (Å²) in [5, 5.41) is 8.44. The summed E-state index contributed by atoms with van der Waals surface area (Å²) < 4.78 is 10.9. The predicted molar refractivity (Wildman–Crippen MR) is 199 cm³/mol. The van der Waals surface area contributed by atoms with Crippen LogP contribution in [0.3, 0.4) is 0 Å². The quantitative estimate of drug-likeness (QED) is 0.225. The van der Waals surface area contributed by atoms with Crippen LogP contribution in [-0.4, -0.2) is 113 Å². The van der Waals surface area contributed by atoms with E-state index in [0.29, 0.717) is 42.4 Å². The number of nitrogens with zero attached hydrogens (tertiary/aromatic N) is 7. The number of ether oxygens (including phenoxy) is 1. The zero-order valence-electron chi connectivity index (χ0n) is 30.4. The molecule has 8 rings (SSSR count). The van der Waals surface area contributed by atoms with Gasteiger partial charge >= 0.3 is 12.0 Å². The zero-order chi connectivity index (χ0) is 36.6. The molecule has 3 aliphatic heterocycles. The number of rotatable bonds is 10. The number of aromatic nitrogens is 3. The molecule has 278 valence electrons. The summed E-state index contributed by atoms with van der Waals surface area (Å²) in [7, 11) is 1.84. The third-order valence-electron chi connectivity index (χ3n) is 11.5. The molecule has 0 spiro atoms. The number of nitrogens with one attached hydrogen (secondary N) is 1. The Morgan fingerprint density at radius 2 is 1.81 bits per heavy atom. The number of primary amides is 1. The molecule has 0 saturated carbocycles. The van der Waals surface area contributed by atoms with Gasteiger partial charge in [-0.25, -0.2) is 14.8 Å². The number of nitrogens with two attached hydrogens (primary N) is 1. The summed E-state index contributed by atoms with van der Waals surface area (Å²) in [6.45, 7) is 7.10. The van der Waals surface area contributed by atoms with Crippen molar-refractivity contribution in [3.05, 3.63) is 70.7 Å². The molecule has 1 unspecified atom stereocenters. The van der Waals surface area contributed by atoms with E-state index in [2.05, 4.69) is 43.5 Å². The van der Waals surface area contributed by atoms with Crippen molar-refractivity contribution in [2.45, 2.75) is 69.9 Å². The topological polar surface area (TPSA) is 163 Å². The van der Waals surface area contributed by atoms with Gasteiger partial charge in [0.1, 0.15) is 11.5 Å². The molecule has 3 saturated heterocycles. The first-order chi connectivity index (χ1) is 25.7. The van der Waals surface area contributed by atoms with Crippen molar-refractivity contribution in [1.82, 2.24) is 29.8 Å². The Labute approximate surface area is 308 Å². The molecule has 0 radical (unpaired) electrons. The fourth-order valence-electron chi connectivity index (χ4n) is 8.66. The van der Waals surface area contributed by atoms with Crippen molar-refractivity contribution in [2.24, 2.45) is 5.73 Å². The lowest BCUT2D eigenvalue weighted by Gasteiger charge is -2.37. The highest BCUT2D eigenvalue weighted by Gasteiger charge is 2.35. The van der Waals surface area contributed by atoms with Gasteiger partial charge in [0.2, 0.25) is 0 Å². The number of esters is 1. The van der Waals surface area contributed by atoms with Crippen molar-refractivity contribution in [3.63, 3.8) is 0 Å². The van der Waals surface area contributed by atoms with E-state index in [0.717, 1.165) is 87.9 Å². The minimum atomic E-state index is -0.647. The van der Waals surface area contributed by atoms with Gasteiger partial charge in [0.05, 0.1) is 25.3 Å². The third kappa shape index (κ3) is 6.99. The molecular weight excluding hydrogens is 674 g/mol. The summed E-state index contributed by atoms with van der Waals surface area (Å²) in [6.07, 6.45) is 7.62. The van der Waals surface area contributed by atoms with E-state index in [9.17, 15) is 14.4 Å². The lowest BCUT2D eigenvalue weighted by atomic mass is 9.88. The Balaban J connectivity index is 0.885. The first kappa shape index (κ1) is 34.8. The highest BCUT2D eigenvalue weighted by atomic mass is 16.5. The molecule has 0 bridgehead atoms. The lowest BCUT2D eigenvalue weighted by Crippen LogP contribution is -2.49. The van der Waals surface area contributed by atoms with Crippen LogP contribution in [0.2, 0.25) is 0 Å². The van der Waals surface area contributed by atoms with E-state index in [4.69, 9.17) is 20.0 Å². The molecule has 5 heterocycles. The molecule has 53 heavy (non-hydrogen) atoms. The molecule has 14 nitrogen and oxygen atoms in total. The number of benzene rings is 2. The van der Waals surface area contributed by atoms with Gasteiger partial charge in [0.15, 0.2) is 17.1 Å². The molecule has 4 aliphatic rings. The highest BCUT2D eigenvalue weighted by molar-refractivity contribution is 5.96. The van der Waals surface area contributed by atoms with Crippen molar-refractivity contribution >= 4 is 46.2 Å². The fraction of sp³-hybridized carbons (Fsp3) is 0.487. The average molecular weight is 722 g/mol. The van der Waals surface area contributed by atoms with E-state index in [-0.39, 0.29) is 30.2 Å². The number of urea groups is 1. The molecule has 3 N–H and O–H groups in total. The maximum atomic E-state index is 12.7. The van der Waals surface area contributed by atoms with Gasteiger partial charge in [0, 0.05) is 55.9 Å². The van der Waals surface area contributed by atoms with Gasteiger partial charge in [-0.3, -0.25) is 14.5 Å². The monoisotopic (exact) mass is 721 g/mol. The SMILES string of the molecule is CCOC(=O)Cc1noc2c3c(ccc12)CC(N1CCC(c2ccc(Nc4nc(N5CCC[C@@H](N6CCN(C)C6=O)C5)cnc4C(N)=O)cc2)CC1)C3. The molecular formula is C39H47N9O5. The summed E-state index contributed by atoms with van der Waals surface area (Å²) in [5.74, 6) is 0.492. The second-order valence-corrected chi connectivity index (χ2v) is 14.7. The summed E-state index contributed by atoms with van der Waals surface area (Å²) in [4.78, 5) is 54.8. The van der Waals surface area contributed by atoms with Gasteiger partial charge in [-0.1, -0.05) is 23.4 Å². The molecule has 2 atom stereocenters. The number of fused-ring (bicyclic) bond motifs is 3. The standard InChI is InChI=1S/C39H47N9O5/c1-3-52-34(49)21-32-30-11-8-26-19-29(20-31(26)36(30)53-44-32)46-15-12-25(13-16-46)24-6-9-27(10-7-24)42-38-35(37(40)50)41-22-33(43-38)47-14-4-5-28(23-47)48-18-17-45(2)39(48)51/h6-11,22,25,28-29H,3-5,12-21,23H2,1-2H3,(H2,40,50)(H,42,43)/t28-,29?/m1/s1. The third-order valence-corrected chi connectivity index (χ3v) is 11.5. The Hall–Kier alpha value is -5.24. The molecule has 3 fully saturated rings. The van der Waals surface area contributed by atoms with Gasteiger partial charge in [-0.15, -0.1) is 0 Å². The Bertz CT molecular complexity index is 2010. The Kier molecular flexibility index (Phi) is 9.62. The van der Waals surface area contributed by atoms with Crippen LogP contribution in [0.1, 0.15) is 71.4 Å². The number of carbonyl (C=O) groups is 3. The number of likely N-dealkylation sites (N-methyl/N-ethyl adjacent to an activating group) is 1. The van der Waals surface area contributed by atoms with Gasteiger partial charge in [-0.2, -0.15) is 0 Å². The zero-order valence-corrected chi connectivity index (χ0v) is 30.4. The number of hydrogen-bond acceptors (Lipinski definition) is 11. The minimum absolute atomic E-state index is 0.0709. The number of piperidine rings is 2. The van der Waals surface area contributed by atoms with E-state index in [1.165, 1.54) is 16.7 Å². The van der Waals surface area contributed by atoms with Crippen LogP contribution in [0.4, 0.5) is 22.1 Å². The number of anilines is 3. The largest absolute Gasteiger partial charge is 0.466 e. The predicted octanol–water partition coefficient (Wildman–Crippen LogP) is 4.25. The molecule has 14 heteroatoms. The van der Waals surface area contributed by atoms with Crippen molar-refractivity contribution in [1.29, 1.82) is 0 Å². The average Bonchev–Trinajstić information content (AvgIpc) is 3.88. The van der Waals surface area contributed by atoms with E-state index < -0.39 is 5.91 Å². The second kappa shape index (κ2) is 14.6. The number of hydrogen-bond donors (Lipinski definition) is 2. The summed E-state index contributed by atoms with van der Waals surface area (Å²) >= 11 is 0. The van der Waals surface area contributed by atoms with Crippen molar-refractivity contribution in [3.8, 4) is 0 Å². The lowest BCUT2D eigenvalue weighted by molar-refractivity contribution is -0.142. The Morgan fingerprint density at radius 1 is 1.00 bits per heavy atom. The van der Waals surface area contributed by atoms with Gasteiger partial charge in [-0.05, 0) is 93.8 Å².